The molecule has 6 unspecified atom stereocenters. The SMILES string of the molecule is CCC(CC)(CC1OC([n+]2cn3c4c(ncnc42)N(C)N=C3C)C(O)C1O)OP(=O)(O)C(C)(O)CC. The van der Waals surface area contributed by atoms with E-state index >= 15 is 0 Å². The largest absolute Gasteiger partial charge is 0.387 e. The fourth-order valence-corrected chi connectivity index (χ4v) is 6.20. The second-order valence-corrected chi connectivity index (χ2v) is 11.9. The van der Waals surface area contributed by atoms with Crippen molar-refractivity contribution < 1.29 is 38.6 Å². The van der Waals surface area contributed by atoms with Crippen LogP contribution in [-0.4, -0.2) is 76.9 Å². The van der Waals surface area contributed by atoms with Crippen molar-refractivity contribution in [2.24, 2.45) is 5.10 Å². The Hall–Kier alpha value is -1.99. The average molecular weight is 528 g/mol. The number of hydrogen-bond acceptors (Lipinski definition) is 10. The zero-order valence-corrected chi connectivity index (χ0v) is 22.3. The Morgan fingerprint density at radius 2 is 1.86 bits per heavy atom. The minimum absolute atomic E-state index is 0.0239. The third kappa shape index (κ3) is 4.26. The number of aliphatic hydroxyl groups excluding tert-OH is 2. The minimum Gasteiger partial charge on any atom is -0.387 e. The molecule has 0 radical (unpaired) electrons. The molecule has 36 heavy (non-hydrogen) atoms. The fourth-order valence-electron chi connectivity index (χ4n) is 4.74. The monoisotopic (exact) mass is 527 g/mol. The Morgan fingerprint density at radius 1 is 1.19 bits per heavy atom. The molecule has 13 nitrogen and oxygen atoms in total. The van der Waals surface area contributed by atoms with E-state index in [2.05, 4.69) is 15.1 Å². The number of nitrogens with zero attached hydrogens (tertiary/aromatic N) is 6. The number of hydrogen-bond donors (Lipinski definition) is 4. The van der Waals surface area contributed by atoms with E-state index in [9.17, 15) is 24.8 Å². The molecule has 0 spiro atoms. The first-order valence-electron chi connectivity index (χ1n) is 12.2. The summed E-state index contributed by atoms with van der Waals surface area (Å²) in [4.78, 5) is 19.3. The third-order valence-corrected chi connectivity index (χ3v) is 9.70. The van der Waals surface area contributed by atoms with Crippen molar-refractivity contribution in [3.63, 3.8) is 0 Å². The van der Waals surface area contributed by atoms with Gasteiger partial charge in [-0.1, -0.05) is 25.8 Å². The summed E-state index contributed by atoms with van der Waals surface area (Å²) in [5, 5.41) is 36.6. The Labute approximate surface area is 209 Å². The minimum atomic E-state index is -4.45. The molecule has 4 rings (SSSR count). The molecule has 14 heteroatoms. The van der Waals surface area contributed by atoms with Crippen LogP contribution in [0.3, 0.4) is 0 Å². The van der Waals surface area contributed by atoms with Crippen molar-refractivity contribution in [1.82, 2.24) is 14.5 Å². The Kier molecular flexibility index (Phi) is 7.06. The summed E-state index contributed by atoms with van der Waals surface area (Å²) in [6.45, 7) is 8.29. The number of ether oxygens (including phenoxy) is 1. The van der Waals surface area contributed by atoms with Crippen molar-refractivity contribution in [3.8, 4) is 0 Å². The predicted octanol–water partition coefficient (Wildman–Crippen LogP) is 1.24. The number of aliphatic hydroxyl groups is 3. The van der Waals surface area contributed by atoms with Gasteiger partial charge in [-0.05, 0) is 26.2 Å². The van der Waals surface area contributed by atoms with E-state index in [4.69, 9.17) is 9.26 Å². The Bertz CT molecular complexity index is 1210. The summed E-state index contributed by atoms with van der Waals surface area (Å²) >= 11 is 0. The van der Waals surface area contributed by atoms with Crippen LogP contribution in [0.4, 0.5) is 5.82 Å². The van der Waals surface area contributed by atoms with Gasteiger partial charge in [0, 0.05) is 20.4 Å². The molecule has 0 aromatic carbocycles. The molecule has 2 aliphatic heterocycles. The number of imidazole rings is 1. The van der Waals surface area contributed by atoms with Gasteiger partial charge < -0.3 is 24.9 Å². The maximum atomic E-state index is 13.0. The molecule has 1 fully saturated rings. The highest BCUT2D eigenvalue weighted by molar-refractivity contribution is 7.54. The second-order valence-electron chi connectivity index (χ2n) is 9.76. The van der Waals surface area contributed by atoms with Gasteiger partial charge in [0.05, 0.1) is 11.7 Å². The predicted molar refractivity (Wildman–Crippen MR) is 130 cm³/mol. The van der Waals surface area contributed by atoms with Gasteiger partial charge >= 0.3 is 13.2 Å². The number of aromatic nitrogens is 4. The summed E-state index contributed by atoms with van der Waals surface area (Å²) < 4.78 is 28.3. The molecule has 2 aromatic rings. The van der Waals surface area contributed by atoms with Crippen LogP contribution in [-0.2, 0) is 13.8 Å². The van der Waals surface area contributed by atoms with E-state index in [-0.39, 0.29) is 12.8 Å². The van der Waals surface area contributed by atoms with E-state index in [1.807, 2.05) is 6.92 Å². The van der Waals surface area contributed by atoms with E-state index in [1.54, 1.807) is 48.3 Å². The van der Waals surface area contributed by atoms with Crippen LogP contribution in [0.5, 0.6) is 0 Å². The summed E-state index contributed by atoms with van der Waals surface area (Å²) in [5.74, 6) is 1.25. The summed E-state index contributed by atoms with van der Waals surface area (Å²) in [6, 6.07) is 0. The standard InChI is InChI=1S/C22H35N6O7P/c1-7-21(5,31)36(32,33)35-22(8-2,9-3)10-14-16(29)17(30)20(34-14)28-12-27-13(4)25-26(6)18-15(27)19(28)24-11-23-18/h11-12,14,16-17,20,29-31H,7-10H2,1-6H3/p+1. The smallest absolute Gasteiger partial charge is 0.359 e. The first kappa shape index (κ1) is 27.1. The van der Waals surface area contributed by atoms with Crippen molar-refractivity contribution in [2.45, 2.75) is 95.8 Å². The van der Waals surface area contributed by atoms with Crippen LogP contribution in [0.15, 0.2) is 17.8 Å². The van der Waals surface area contributed by atoms with Gasteiger partial charge in [-0.3, -0.25) is 9.09 Å². The average Bonchev–Trinajstić information content (AvgIpc) is 3.35. The third-order valence-electron chi connectivity index (χ3n) is 7.53. The second kappa shape index (κ2) is 9.39. The Balaban J connectivity index is 1.66. The van der Waals surface area contributed by atoms with Crippen molar-refractivity contribution >= 4 is 30.4 Å². The molecular formula is C22H36N6O7P+. The highest BCUT2D eigenvalue weighted by Crippen LogP contribution is 2.59. The molecule has 2 aromatic heterocycles. The van der Waals surface area contributed by atoms with Crippen molar-refractivity contribution in [2.75, 3.05) is 12.1 Å². The zero-order valence-electron chi connectivity index (χ0n) is 21.4. The van der Waals surface area contributed by atoms with Crippen LogP contribution in [0.25, 0.3) is 11.2 Å². The summed E-state index contributed by atoms with van der Waals surface area (Å²) in [5.41, 5.74) is 0.00134. The maximum Gasteiger partial charge on any atom is 0.359 e. The van der Waals surface area contributed by atoms with E-state index < -0.39 is 43.1 Å². The normalized spacial score (nSPS) is 27.7. The topological polar surface area (TPSA) is 167 Å². The van der Waals surface area contributed by atoms with Crippen molar-refractivity contribution in [3.05, 3.63) is 12.7 Å². The lowest BCUT2D eigenvalue weighted by molar-refractivity contribution is -0.745. The summed E-state index contributed by atoms with van der Waals surface area (Å²) in [7, 11) is -2.67. The molecular weight excluding hydrogens is 491 g/mol. The molecule has 0 amide bonds. The maximum absolute atomic E-state index is 13.0. The fraction of sp³-hybridized carbons (Fsp3) is 0.727. The molecule has 1 saturated heterocycles. The van der Waals surface area contributed by atoms with Crippen LogP contribution < -0.4 is 9.58 Å². The van der Waals surface area contributed by atoms with E-state index in [0.717, 1.165) is 0 Å². The highest BCUT2D eigenvalue weighted by atomic mass is 31.2. The first-order chi connectivity index (χ1) is 16.8. The van der Waals surface area contributed by atoms with Gasteiger partial charge in [0.1, 0.15) is 12.2 Å². The lowest BCUT2D eigenvalue weighted by Gasteiger charge is -2.39. The number of rotatable bonds is 9. The summed E-state index contributed by atoms with van der Waals surface area (Å²) in [6.07, 6.45) is -0.705. The quantitative estimate of drug-likeness (QED) is 0.275. The molecule has 0 saturated carbocycles. The Morgan fingerprint density at radius 3 is 2.47 bits per heavy atom. The molecule has 0 aliphatic carbocycles. The van der Waals surface area contributed by atoms with Crippen LogP contribution in [0.2, 0.25) is 0 Å². The molecule has 0 bridgehead atoms. The van der Waals surface area contributed by atoms with Crippen molar-refractivity contribution in [1.29, 1.82) is 0 Å². The lowest BCUT2D eigenvalue weighted by atomic mass is 9.88. The van der Waals surface area contributed by atoms with Crippen LogP contribution in [0.1, 0.15) is 66.5 Å². The van der Waals surface area contributed by atoms with Gasteiger partial charge in [0.25, 0.3) is 0 Å². The van der Waals surface area contributed by atoms with E-state index in [0.29, 0.717) is 35.7 Å². The first-order valence-corrected chi connectivity index (χ1v) is 13.7. The molecule has 4 heterocycles. The van der Waals surface area contributed by atoms with Gasteiger partial charge in [0.15, 0.2) is 29.7 Å². The van der Waals surface area contributed by atoms with Crippen LogP contribution >= 0.6 is 7.60 Å². The number of hydrazone groups is 1. The van der Waals surface area contributed by atoms with Gasteiger partial charge in [-0.15, -0.1) is 5.10 Å². The van der Waals surface area contributed by atoms with Crippen LogP contribution in [0, 0.1) is 0 Å². The highest BCUT2D eigenvalue weighted by Gasteiger charge is 2.53. The van der Waals surface area contributed by atoms with Gasteiger partial charge in [-0.2, -0.15) is 4.98 Å². The molecule has 200 valence electrons. The zero-order chi connectivity index (χ0) is 26.6. The molecule has 2 aliphatic rings. The number of anilines is 1. The van der Waals surface area contributed by atoms with Gasteiger partial charge in [0.2, 0.25) is 11.7 Å². The lowest BCUT2D eigenvalue weighted by Crippen LogP contribution is -2.46. The molecule has 6 atom stereocenters. The van der Waals surface area contributed by atoms with E-state index in [1.165, 1.54) is 13.3 Å². The molecule has 4 N–H and O–H groups in total. The van der Waals surface area contributed by atoms with Gasteiger partial charge in [-0.25, -0.2) is 14.1 Å².